The van der Waals surface area contributed by atoms with Crippen LogP contribution in [0.15, 0.2) is 97.1 Å². The fourth-order valence-corrected chi connectivity index (χ4v) is 43.4. The van der Waals surface area contributed by atoms with Crippen LogP contribution in [0.5, 0.6) is 0 Å². The summed E-state index contributed by atoms with van der Waals surface area (Å²) in [6.45, 7) is 28.5. The summed E-state index contributed by atoms with van der Waals surface area (Å²) in [5, 5.41) is 11.5. The van der Waals surface area contributed by atoms with Gasteiger partial charge in [0.2, 0.25) is 0 Å². The van der Waals surface area contributed by atoms with E-state index < -0.39 is 60.5 Å². The van der Waals surface area contributed by atoms with Crippen molar-refractivity contribution in [2.24, 2.45) is 5.92 Å². The van der Waals surface area contributed by atoms with Crippen LogP contribution in [0.2, 0.25) is 72.5 Å². The van der Waals surface area contributed by atoms with Crippen LogP contribution in [0.1, 0.15) is 186 Å². The zero-order chi connectivity index (χ0) is 56.1. The van der Waals surface area contributed by atoms with E-state index in [0.29, 0.717) is 6.42 Å². The van der Waals surface area contributed by atoms with Gasteiger partial charge in [-0.2, -0.15) is 13.2 Å². The number of hydrogen-bond donors (Lipinski definition) is 0. The second-order valence-electron chi connectivity index (χ2n) is 24.3. The summed E-state index contributed by atoms with van der Waals surface area (Å²) >= 11 is 0. The van der Waals surface area contributed by atoms with Crippen molar-refractivity contribution in [3.05, 3.63) is 97.1 Å². The molecule has 0 bridgehead atoms. The van der Waals surface area contributed by atoms with E-state index in [1.807, 2.05) is 0 Å². The molecule has 0 aliphatic heterocycles. The Bertz CT molecular complexity index is 1900. The molecule has 0 radical (unpaired) electrons. The molecule has 0 heterocycles. The van der Waals surface area contributed by atoms with Gasteiger partial charge in [0.15, 0.2) is 0 Å². The Hall–Kier alpha value is -1.64. The quantitative estimate of drug-likeness (QED) is 0.0328. The monoisotopic (exact) mass is 1160 g/mol. The van der Waals surface area contributed by atoms with Crippen molar-refractivity contribution in [2.75, 3.05) is 0 Å². The van der Waals surface area contributed by atoms with Crippen molar-refractivity contribution in [3.63, 3.8) is 0 Å². The molecule has 1 aliphatic rings. The van der Waals surface area contributed by atoms with E-state index in [1.54, 1.807) is 20.7 Å². The molecule has 10 heteroatoms. The maximum atomic E-state index is 15.5. The Morgan fingerprint density at radius 2 is 0.558 bits per heavy atom. The average molecular weight is 1160 g/mol. The molecule has 5 rings (SSSR count). The zero-order valence-corrected chi connectivity index (χ0v) is 57.0. The van der Waals surface area contributed by atoms with Crippen LogP contribution in [0, 0.1) is 5.92 Å². The largest absolute Gasteiger partial charge is 0.391 e. The number of nitrogens with zero attached hydrogens (tertiary/aromatic N) is 1. The highest BCUT2D eigenvalue weighted by Crippen LogP contribution is 2.59. The number of alkyl halides is 3. The normalized spacial score (nSPS) is 16.1. The first-order chi connectivity index (χ1) is 37.2. The third-order valence-corrected chi connectivity index (χ3v) is 47.9. The van der Waals surface area contributed by atoms with E-state index in [2.05, 4.69) is 185 Å². The first-order valence-corrected chi connectivity index (χ1v) is 45.1. The van der Waals surface area contributed by atoms with Gasteiger partial charge in [0.05, 0.1) is 38.2 Å². The highest BCUT2D eigenvalue weighted by Gasteiger charge is 2.47. The van der Waals surface area contributed by atoms with E-state index in [0.717, 1.165) is 6.42 Å². The van der Waals surface area contributed by atoms with Gasteiger partial charge in [-0.15, -0.1) is 0 Å². The molecule has 1 nitrogen and oxygen atoms in total. The van der Waals surface area contributed by atoms with E-state index in [1.165, 1.54) is 171 Å². The summed E-state index contributed by atoms with van der Waals surface area (Å²) in [6, 6.07) is 55.8. The molecule has 77 heavy (non-hydrogen) atoms. The van der Waals surface area contributed by atoms with Gasteiger partial charge in [-0.3, -0.25) is 0 Å². The van der Waals surface area contributed by atoms with E-state index in [-0.39, 0.29) is 18.9 Å². The molecule has 1 fully saturated rings. The Kier molecular flexibility index (Phi) is 27.7. The first-order valence-electron chi connectivity index (χ1n) is 32.1. The summed E-state index contributed by atoms with van der Waals surface area (Å²) in [7, 11) is -9.64. The Morgan fingerprint density at radius 3 is 0.740 bits per heavy atom. The van der Waals surface area contributed by atoms with Crippen LogP contribution in [0.3, 0.4) is 0 Å². The lowest BCUT2D eigenvalue weighted by atomic mass is 9.86. The Balaban J connectivity index is 1.93. The highest BCUT2D eigenvalue weighted by molar-refractivity contribution is 7.84. The van der Waals surface area contributed by atoms with Gasteiger partial charge in [0.25, 0.3) is 0 Å². The minimum atomic E-state index is -4.22. The predicted molar refractivity (Wildman–Crippen MR) is 355 cm³/mol. The molecule has 0 spiro atoms. The molecule has 0 saturated heterocycles. The third-order valence-electron chi connectivity index (χ3n) is 18.5. The predicted octanol–water partition coefficient (Wildman–Crippen LogP) is 19.0. The van der Waals surface area contributed by atoms with Gasteiger partial charge in [-0.1, -0.05) is 357 Å². The molecule has 4 aromatic carbocycles. The van der Waals surface area contributed by atoms with Gasteiger partial charge < -0.3 is 0 Å². The maximum Gasteiger partial charge on any atom is 0.391 e. The Labute approximate surface area is 478 Å². The van der Waals surface area contributed by atoms with E-state index >= 15 is 13.2 Å². The summed E-state index contributed by atoms with van der Waals surface area (Å²) in [5.41, 5.74) is 0. The van der Waals surface area contributed by atoms with Gasteiger partial charge in [-0.05, 0) is 40.5 Å². The van der Waals surface area contributed by atoms with Crippen LogP contribution in [0.25, 0.3) is 0 Å². The molecule has 2 unspecified atom stereocenters. The Morgan fingerprint density at radius 1 is 0.351 bits per heavy atom. The molecule has 0 N–H and O–H groups in total. The van der Waals surface area contributed by atoms with Crippen molar-refractivity contribution < 1.29 is 13.2 Å². The van der Waals surface area contributed by atoms with Crippen molar-refractivity contribution in [3.8, 4) is 0 Å². The van der Waals surface area contributed by atoms with Crippen LogP contribution in [-0.4, -0.2) is 49.0 Å². The smallest absolute Gasteiger partial charge is 0.242 e. The number of halogens is 3. The van der Waals surface area contributed by atoms with Crippen LogP contribution in [-0.2, 0) is 0 Å². The van der Waals surface area contributed by atoms with Crippen LogP contribution < -0.4 is 42.0 Å². The zero-order valence-electron chi connectivity index (χ0n) is 51.2. The molecule has 1 saturated carbocycles. The fourth-order valence-electron chi connectivity index (χ4n) is 15.7. The summed E-state index contributed by atoms with van der Waals surface area (Å²) in [4.78, 5) is 0. The maximum absolute atomic E-state index is 15.5. The standard InChI is InChI=1S/C67H110F3NP2Si4/c1-13-44-74(45-14-2,46-15-3)63-36-28-59(29-37-63)72(60-30-38-64(39-31-60)75(47-16-4,48-17-5)49-18-6)71(58-27-25-26-57(56-58)67(68,69)70)73(61-32-40-65(41-33-61)76(50-19-7,51-20-8)52-21-9)62-34-42-66(43-35-62)77(53-22-10,54-23-11)55-24-12/h28-43,57-58H,13-27,44-56H2,1-12H3. The molecule has 4 aromatic rings. The molecular formula is C67H110F3NP2Si4. The minimum Gasteiger partial charge on any atom is -0.242 e. The lowest BCUT2D eigenvalue weighted by Crippen LogP contribution is -2.49. The molecule has 0 aromatic heterocycles. The fraction of sp³-hybridized carbons (Fsp3) is 0.642. The van der Waals surface area contributed by atoms with E-state index in [9.17, 15) is 0 Å². The lowest BCUT2D eigenvalue weighted by Gasteiger charge is -2.47. The number of rotatable bonds is 35. The van der Waals surface area contributed by atoms with Crippen molar-refractivity contribution in [1.29, 1.82) is 0 Å². The third kappa shape index (κ3) is 16.3. The lowest BCUT2D eigenvalue weighted by molar-refractivity contribution is -0.184. The van der Waals surface area contributed by atoms with Crippen molar-refractivity contribution in [1.82, 2.24) is 4.44 Å². The van der Waals surface area contributed by atoms with Crippen LogP contribution in [0.4, 0.5) is 13.2 Å². The molecule has 2 atom stereocenters. The summed E-state index contributed by atoms with van der Waals surface area (Å²) in [5.74, 6) is -1.30. The van der Waals surface area contributed by atoms with Gasteiger partial charge in [0.1, 0.15) is 0 Å². The second-order valence-corrected chi connectivity index (χ2v) is 47.4. The average Bonchev–Trinajstić information content (AvgIpc) is 3.42. The highest BCUT2D eigenvalue weighted by atomic mass is 31.2. The molecule has 0 amide bonds. The van der Waals surface area contributed by atoms with Gasteiger partial charge >= 0.3 is 6.18 Å². The van der Waals surface area contributed by atoms with Crippen molar-refractivity contribution >= 4 is 90.4 Å². The van der Waals surface area contributed by atoms with E-state index in [4.69, 9.17) is 0 Å². The topological polar surface area (TPSA) is 3.24 Å². The summed E-state index contributed by atoms with van der Waals surface area (Å²) in [6.07, 6.45) is 12.1. The van der Waals surface area contributed by atoms with Crippen LogP contribution >= 0.6 is 16.1 Å². The number of benzene rings is 4. The molecule has 430 valence electrons. The number of hydrogen-bond acceptors (Lipinski definition) is 1. The van der Waals surface area contributed by atoms with Crippen molar-refractivity contribution in [2.45, 2.75) is 271 Å². The minimum absolute atomic E-state index is 0.158. The van der Waals surface area contributed by atoms with Gasteiger partial charge in [0, 0.05) is 22.2 Å². The molecular weight excluding hydrogens is 1050 g/mol. The first kappa shape index (κ1) is 66.2. The summed E-state index contributed by atoms with van der Waals surface area (Å²) < 4.78 is 49.2. The second kappa shape index (κ2) is 32.3. The molecule has 1 aliphatic carbocycles. The SMILES string of the molecule is CCC[Si](CCC)(CCC)c1ccc(P(c2ccc([Si](CCC)(CCC)CCC)cc2)N(C2CCCC(C(F)(F)F)C2)P(c2ccc([Si](CCC)(CCC)CCC)cc2)c2ccc([Si](CCC)(CCC)CCC)cc2)cc1. The van der Waals surface area contributed by atoms with Gasteiger partial charge in [-0.25, -0.2) is 4.44 Å².